The molecule has 38 heavy (non-hydrogen) atoms. The second kappa shape index (κ2) is 8.88. The van der Waals surface area contributed by atoms with Gasteiger partial charge in [0.1, 0.15) is 5.02 Å². The molecule has 5 heterocycles. The van der Waals surface area contributed by atoms with Crippen LogP contribution >= 0.6 is 11.6 Å². The molecule has 1 aromatic carbocycles. The Morgan fingerprint density at radius 1 is 1.21 bits per heavy atom. The molecule has 0 radical (unpaired) electrons. The Hall–Kier alpha value is -3.84. The average molecular weight is 548 g/mol. The zero-order valence-electron chi connectivity index (χ0n) is 20.0. The van der Waals surface area contributed by atoms with Gasteiger partial charge in [-0.25, -0.2) is 9.67 Å². The van der Waals surface area contributed by atoms with E-state index in [1.165, 1.54) is 10.8 Å². The molecule has 1 fully saturated rings. The predicted octanol–water partition coefficient (Wildman–Crippen LogP) is 4.28. The molecule has 0 amide bonds. The highest BCUT2D eigenvalue weighted by Crippen LogP contribution is 2.40. The minimum absolute atomic E-state index is 0.0947. The van der Waals surface area contributed by atoms with Crippen molar-refractivity contribution >= 4 is 39.7 Å². The largest absolute Gasteiger partial charge is 0.486 e. The van der Waals surface area contributed by atoms with Crippen LogP contribution in [0.2, 0.25) is 5.02 Å². The Morgan fingerprint density at radius 3 is 2.76 bits per heavy atom. The number of rotatable bonds is 3. The molecule has 0 aliphatic carbocycles. The predicted molar refractivity (Wildman–Crippen MR) is 134 cm³/mol. The van der Waals surface area contributed by atoms with Gasteiger partial charge in [0.15, 0.2) is 11.5 Å². The van der Waals surface area contributed by atoms with Crippen LogP contribution in [0.25, 0.3) is 16.9 Å². The summed E-state index contributed by atoms with van der Waals surface area (Å²) in [5.41, 5.74) is 0.184. The summed E-state index contributed by atoms with van der Waals surface area (Å²) < 4.78 is 52.9. The molecule has 6 rings (SSSR count). The van der Waals surface area contributed by atoms with E-state index < -0.39 is 11.9 Å². The fourth-order valence-corrected chi connectivity index (χ4v) is 4.85. The van der Waals surface area contributed by atoms with Crippen LogP contribution < -0.4 is 20.9 Å². The molecule has 2 aliphatic heterocycles. The van der Waals surface area contributed by atoms with Crippen molar-refractivity contribution in [2.24, 2.45) is 7.05 Å². The first-order chi connectivity index (χ1) is 18.1. The van der Waals surface area contributed by atoms with Gasteiger partial charge in [0.25, 0.3) is 11.5 Å². The second-order valence-corrected chi connectivity index (χ2v) is 9.65. The maximum absolute atomic E-state index is 13.1. The van der Waals surface area contributed by atoms with E-state index in [1.54, 1.807) is 19.2 Å². The highest BCUT2D eigenvalue weighted by atomic mass is 35.5. The lowest BCUT2D eigenvalue weighted by Gasteiger charge is -2.28. The van der Waals surface area contributed by atoms with Crippen LogP contribution in [0.1, 0.15) is 18.5 Å². The number of alkyl halides is 3. The van der Waals surface area contributed by atoms with Gasteiger partial charge >= 0.3 is 6.18 Å². The number of fused-ring (bicyclic) bond motifs is 3. The average Bonchev–Trinajstić information content (AvgIpc) is 3.52. The molecule has 0 bridgehead atoms. The number of nitrogens with zero attached hydrogens (tertiary/aromatic N) is 5. The highest BCUT2D eigenvalue weighted by molar-refractivity contribution is 6.32. The van der Waals surface area contributed by atoms with Crippen molar-refractivity contribution in [2.75, 3.05) is 30.5 Å². The minimum atomic E-state index is -4.59. The molecule has 1 saturated heterocycles. The van der Waals surface area contributed by atoms with Gasteiger partial charge in [0.2, 0.25) is 5.75 Å². The van der Waals surface area contributed by atoms with Crippen molar-refractivity contribution < 1.29 is 22.6 Å². The molecule has 2 aliphatic rings. The smallest absolute Gasteiger partial charge is 0.435 e. The van der Waals surface area contributed by atoms with E-state index in [0.29, 0.717) is 43.1 Å². The molecule has 1 unspecified atom stereocenters. The topological polar surface area (TPSA) is 108 Å². The summed E-state index contributed by atoms with van der Waals surface area (Å²) in [4.78, 5) is 21.4. The third-order valence-corrected chi connectivity index (χ3v) is 7.03. The molecule has 198 valence electrons. The SMILES string of the molecule is Cn1c(=O)c2c(c3cc(Nc4nc(-n5ccc(C(F)(F)F)n5)ncc4Cl)ccc31)NC1(CCOC1)CCO2. The van der Waals surface area contributed by atoms with Gasteiger partial charge in [-0.15, -0.1) is 0 Å². The molecule has 1 atom stereocenters. The summed E-state index contributed by atoms with van der Waals surface area (Å²) in [6, 6.07) is 6.19. The number of aromatic nitrogens is 5. The Bertz CT molecular complexity index is 1610. The van der Waals surface area contributed by atoms with Gasteiger partial charge in [0.05, 0.1) is 36.2 Å². The molecule has 0 saturated carbocycles. The van der Waals surface area contributed by atoms with Crippen LogP contribution in [-0.4, -0.2) is 49.7 Å². The molecule has 2 N–H and O–H groups in total. The summed E-state index contributed by atoms with van der Waals surface area (Å²) in [6.07, 6.45) is -0.726. The van der Waals surface area contributed by atoms with E-state index in [2.05, 4.69) is 25.7 Å². The van der Waals surface area contributed by atoms with E-state index in [4.69, 9.17) is 21.1 Å². The monoisotopic (exact) mass is 547 g/mol. The number of benzene rings is 1. The van der Waals surface area contributed by atoms with Gasteiger partial charge in [-0.3, -0.25) is 4.79 Å². The lowest BCUT2D eigenvalue weighted by molar-refractivity contribution is -0.141. The quantitative estimate of drug-likeness (QED) is 0.391. The third kappa shape index (κ3) is 4.21. The fraction of sp³-hybridized carbons (Fsp3) is 0.333. The van der Waals surface area contributed by atoms with Gasteiger partial charge in [-0.1, -0.05) is 11.6 Å². The number of aryl methyl sites for hydroxylation is 1. The summed E-state index contributed by atoms with van der Waals surface area (Å²) in [7, 11) is 1.67. The Morgan fingerprint density at radius 2 is 2.03 bits per heavy atom. The normalized spacial score (nSPS) is 19.2. The molecular weight excluding hydrogens is 527 g/mol. The molecule has 1 spiro atoms. The number of halogens is 4. The van der Waals surface area contributed by atoms with Crippen molar-refractivity contribution in [1.82, 2.24) is 24.3 Å². The number of nitrogens with one attached hydrogen (secondary N) is 2. The van der Waals surface area contributed by atoms with E-state index in [1.807, 2.05) is 6.07 Å². The maximum Gasteiger partial charge on any atom is 0.435 e. The molecule has 14 heteroatoms. The first kappa shape index (κ1) is 24.5. The minimum Gasteiger partial charge on any atom is -0.486 e. The van der Waals surface area contributed by atoms with E-state index in [-0.39, 0.29) is 33.6 Å². The first-order valence-corrected chi connectivity index (χ1v) is 12.1. The summed E-state index contributed by atoms with van der Waals surface area (Å²) in [6.45, 7) is 1.51. The molecule has 3 aromatic heterocycles. The second-order valence-electron chi connectivity index (χ2n) is 9.24. The Kier molecular flexibility index (Phi) is 5.72. The van der Waals surface area contributed by atoms with E-state index in [0.717, 1.165) is 28.8 Å². The standard InChI is InChI=1S/C24H21ClF3N7O3/c1-34-16-3-2-13(10-14(16)18-19(21(34)36)38-9-6-23(32-18)5-8-37-12-23)30-20-15(25)11-29-22(31-20)35-7-4-17(33-35)24(26,27)28/h2-4,7,10-11,32H,5-6,8-9,12H2,1H3,(H,29,30,31). The zero-order chi connectivity index (χ0) is 26.7. The van der Waals surface area contributed by atoms with Crippen molar-refractivity contribution in [2.45, 2.75) is 24.6 Å². The van der Waals surface area contributed by atoms with Gasteiger partial charge in [0, 0.05) is 37.3 Å². The van der Waals surface area contributed by atoms with Gasteiger partial charge in [-0.05, 0) is 30.7 Å². The lowest BCUT2D eigenvalue weighted by Crippen LogP contribution is -2.39. The first-order valence-electron chi connectivity index (χ1n) is 11.7. The number of pyridine rings is 1. The van der Waals surface area contributed by atoms with Crippen molar-refractivity contribution in [3.05, 3.63) is 57.7 Å². The Labute approximate surface area is 218 Å². The third-order valence-electron chi connectivity index (χ3n) is 6.75. The van der Waals surface area contributed by atoms with Crippen LogP contribution in [0.4, 0.5) is 30.4 Å². The van der Waals surface area contributed by atoms with E-state index in [9.17, 15) is 18.0 Å². The lowest BCUT2D eigenvalue weighted by atomic mass is 9.94. The number of anilines is 3. The van der Waals surface area contributed by atoms with Crippen LogP contribution in [-0.2, 0) is 18.0 Å². The maximum atomic E-state index is 13.1. The summed E-state index contributed by atoms with van der Waals surface area (Å²) in [5, 5.41) is 11.0. The number of ether oxygens (including phenoxy) is 2. The summed E-state index contributed by atoms with van der Waals surface area (Å²) in [5.74, 6) is 0.311. The van der Waals surface area contributed by atoms with Crippen molar-refractivity contribution in [1.29, 1.82) is 0 Å². The molecule has 4 aromatic rings. The van der Waals surface area contributed by atoms with E-state index >= 15 is 0 Å². The zero-order valence-corrected chi connectivity index (χ0v) is 20.7. The molecule has 10 nitrogen and oxygen atoms in total. The van der Waals surface area contributed by atoms with Crippen LogP contribution in [0.3, 0.4) is 0 Å². The highest BCUT2D eigenvalue weighted by Gasteiger charge is 2.38. The Balaban J connectivity index is 1.40. The van der Waals surface area contributed by atoms with Crippen LogP contribution in [0.15, 0.2) is 41.5 Å². The fourth-order valence-electron chi connectivity index (χ4n) is 4.71. The summed E-state index contributed by atoms with van der Waals surface area (Å²) >= 11 is 6.31. The number of hydrogen-bond acceptors (Lipinski definition) is 8. The van der Waals surface area contributed by atoms with Gasteiger partial charge in [-0.2, -0.15) is 23.3 Å². The number of hydrogen-bond donors (Lipinski definition) is 2. The van der Waals surface area contributed by atoms with Crippen LogP contribution in [0.5, 0.6) is 5.75 Å². The molecular formula is C24H21ClF3N7O3. The van der Waals surface area contributed by atoms with Crippen molar-refractivity contribution in [3.8, 4) is 11.7 Å². The van der Waals surface area contributed by atoms with Gasteiger partial charge < -0.3 is 24.7 Å². The van der Waals surface area contributed by atoms with Crippen molar-refractivity contribution in [3.63, 3.8) is 0 Å². The van der Waals surface area contributed by atoms with Crippen LogP contribution in [0, 0.1) is 0 Å².